The Kier molecular flexibility index (Phi) is 3.03. The van der Waals surface area contributed by atoms with Crippen molar-refractivity contribution in [2.24, 2.45) is 0 Å². The molecule has 0 radical (unpaired) electrons. The van der Waals surface area contributed by atoms with Gasteiger partial charge in [0.2, 0.25) is 0 Å². The molecule has 1 aliphatic heterocycles. The molecule has 16 heavy (non-hydrogen) atoms. The lowest BCUT2D eigenvalue weighted by Crippen LogP contribution is -2.67. The number of methoxy groups -OCH3 is 1. The quantitative estimate of drug-likeness (QED) is 0.375. The van der Waals surface area contributed by atoms with Gasteiger partial charge < -0.3 is 4.74 Å². The molecule has 2 rings (SSSR count). The van der Waals surface area contributed by atoms with Crippen molar-refractivity contribution in [2.45, 2.75) is 9.58 Å². The predicted octanol–water partition coefficient (Wildman–Crippen LogP) is 2.16. The summed E-state index contributed by atoms with van der Waals surface area (Å²) in [7, 11) is 1.58. The fourth-order valence-electron chi connectivity index (χ4n) is 1.54. The second kappa shape index (κ2) is 4.05. The molecule has 1 amide bonds. The second-order valence-electron chi connectivity index (χ2n) is 3.42. The highest BCUT2D eigenvalue weighted by Gasteiger charge is 2.56. The Morgan fingerprint density at radius 2 is 1.94 bits per heavy atom. The van der Waals surface area contributed by atoms with E-state index in [1.165, 1.54) is 4.90 Å². The number of carbonyl (C=O) groups excluding carboxylic acids is 1. The standard InChI is InChI=1S/C10H10ClNO2S2/c1-14-7-4-2-6(3-5-7)12-9(13)8(11)10(12,15)16/h2-5,8,15-16H,1H3. The van der Waals surface area contributed by atoms with Crippen LogP contribution in [0.15, 0.2) is 24.3 Å². The maximum Gasteiger partial charge on any atom is 0.251 e. The van der Waals surface area contributed by atoms with Crippen molar-refractivity contribution in [1.82, 2.24) is 0 Å². The molecule has 0 aromatic heterocycles. The van der Waals surface area contributed by atoms with Gasteiger partial charge >= 0.3 is 0 Å². The Balaban J connectivity index is 2.28. The first-order chi connectivity index (χ1) is 7.48. The highest BCUT2D eigenvalue weighted by molar-refractivity contribution is 8.01. The van der Waals surface area contributed by atoms with Crippen LogP contribution in [0.5, 0.6) is 5.75 Å². The maximum atomic E-state index is 11.6. The van der Waals surface area contributed by atoms with Gasteiger partial charge in [-0.25, -0.2) is 0 Å². The van der Waals surface area contributed by atoms with Crippen molar-refractivity contribution in [3.8, 4) is 5.75 Å². The minimum atomic E-state index is -0.937. The first-order valence-corrected chi connectivity index (χ1v) is 5.88. The summed E-state index contributed by atoms with van der Waals surface area (Å²) in [4.78, 5) is 13.0. The summed E-state index contributed by atoms with van der Waals surface area (Å²) in [6, 6.07) is 7.06. The molecular weight excluding hydrogens is 266 g/mol. The molecule has 1 atom stereocenters. The summed E-state index contributed by atoms with van der Waals surface area (Å²) in [6.07, 6.45) is 0. The maximum absolute atomic E-state index is 11.6. The number of alkyl halides is 1. The lowest BCUT2D eigenvalue weighted by molar-refractivity contribution is -0.122. The minimum Gasteiger partial charge on any atom is -0.497 e. The van der Waals surface area contributed by atoms with E-state index in [1.54, 1.807) is 31.4 Å². The zero-order valence-electron chi connectivity index (χ0n) is 8.42. The SMILES string of the molecule is COc1ccc(N2C(=O)C(Cl)C2(S)S)cc1. The van der Waals surface area contributed by atoms with Gasteiger partial charge in [0.15, 0.2) is 9.58 Å². The average molecular weight is 276 g/mol. The molecule has 0 aliphatic carbocycles. The van der Waals surface area contributed by atoms with Gasteiger partial charge in [0, 0.05) is 5.69 Å². The number of rotatable bonds is 2. The molecule has 6 heteroatoms. The lowest BCUT2D eigenvalue weighted by Gasteiger charge is -2.49. The van der Waals surface area contributed by atoms with Crippen molar-refractivity contribution in [1.29, 1.82) is 0 Å². The fourth-order valence-corrected chi connectivity index (χ4v) is 2.38. The molecule has 1 aromatic carbocycles. The van der Waals surface area contributed by atoms with Gasteiger partial charge in [-0.05, 0) is 24.3 Å². The van der Waals surface area contributed by atoms with Crippen LogP contribution in [0, 0.1) is 0 Å². The van der Waals surface area contributed by atoms with E-state index in [4.69, 9.17) is 16.3 Å². The van der Waals surface area contributed by atoms with Crippen molar-refractivity contribution < 1.29 is 9.53 Å². The largest absolute Gasteiger partial charge is 0.497 e. The monoisotopic (exact) mass is 275 g/mol. The van der Waals surface area contributed by atoms with E-state index in [2.05, 4.69) is 25.3 Å². The Bertz CT molecular complexity index is 421. The number of carbonyl (C=O) groups is 1. The summed E-state index contributed by atoms with van der Waals surface area (Å²) < 4.78 is 4.10. The van der Waals surface area contributed by atoms with E-state index in [0.717, 1.165) is 5.75 Å². The Morgan fingerprint density at radius 3 is 2.38 bits per heavy atom. The second-order valence-corrected chi connectivity index (χ2v) is 5.57. The molecule has 1 fully saturated rings. The van der Waals surface area contributed by atoms with Crippen molar-refractivity contribution in [2.75, 3.05) is 12.0 Å². The summed E-state index contributed by atoms with van der Waals surface area (Å²) in [6.45, 7) is 0. The summed E-state index contributed by atoms with van der Waals surface area (Å²) in [5.74, 6) is 0.528. The molecule has 1 unspecified atom stereocenters. The molecule has 3 nitrogen and oxygen atoms in total. The Labute approximate surface area is 110 Å². The van der Waals surface area contributed by atoms with Gasteiger partial charge in [-0.3, -0.25) is 9.69 Å². The molecule has 0 N–H and O–H groups in total. The van der Waals surface area contributed by atoms with Gasteiger partial charge in [-0.2, -0.15) is 0 Å². The van der Waals surface area contributed by atoms with Crippen molar-refractivity contribution >= 4 is 48.5 Å². The third-order valence-electron chi connectivity index (χ3n) is 2.44. The van der Waals surface area contributed by atoms with Crippen LogP contribution in [-0.4, -0.2) is 22.6 Å². The number of β-lactam (4-membered cyclic amide) rings is 1. The van der Waals surface area contributed by atoms with E-state index in [-0.39, 0.29) is 5.91 Å². The zero-order chi connectivity index (χ0) is 11.9. The van der Waals surface area contributed by atoms with Gasteiger partial charge in [-0.15, -0.1) is 36.9 Å². The van der Waals surface area contributed by atoms with Gasteiger partial charge in [-0.1, -0.05) is 0 Å². The third-order valence-corrected chi connectivity index (χ3v) is 4.16. The summed E-state index contributed by atoms with van der Waals surface area (Å²) >= 11 is 14.3. The third kappa shape index (κ3) is 1.67. The van der Waals surface area contributed by atoms with E-state index < -0.39 is 9.58 Å². The highest BCUT2D eigenvalue weighted by Crippen LogP contribution is 2.45. The van der Waals surface area contributed by atoms with Crippen LogP contribution in [0.3, 0.4) is 0 Å². The number of anilines is 1. The normalized spacial score (nSPS) is 22.9. The zero-order valence-corrected chi connectivity index (χ0v) is 11.0. The lowest BCUT2D eigenvalue weighted by atomic mass is 10.1. The number of hydrogen-bond donors (Lipinski definition) is 2. The van der Waals surface area contributed by atoms with E-state index >= 15 is 0 Å². The van der Waals surface area contributed by atoms with E-state index in [1.807, 2.05) is 0 Å². The number of benzene rings is 1. The Hall–Kier alpha value is -0.520. The van der Waals surface area contributed by atoms with Gasteiger partial charge in [0.25, 0.3) is 5.91 Å². The number of nitrogens with zero attached hydrogens (tertiary/aromatic N) is 1. The molecule has 1 aromatic rings. The first kappa shape index (κ1) is 12.0. The van der Waals surface area contributed by atoms with Gasteiger partial charge in [0.1, 0.15) is 5.75 Å². The van der Waals surface area contributed by atoms with Crippen LogP contribution in [0.4, 0.5) is 5.69 Å². The number of ether oxygens (including phenoxy) is 1. The molecule has 1 saturated heterocycles. The molecule has 0 bridgehead atoms. The smallest absolute Gasteiger partial charge is 0.251 e. The van der Waals surface area contributed by atoms with E-state index in [9.17, 15) is 4.79 Å². The van der Waals surface area contributed by atoms with Crippen LogP contribution >= 0.6 is 36.9 Å². The molecule has 0 saturated carbocycles. The van der Waals surface area contributed by atoms with Gasteiger partial charge in [0.05, 0.1) is 7.11 Å². The number of hydrogen-bond acceptors (Lipinski definition) is 4. The molecule has 0 spiro atoms. The topological polar surface area (TPSA) is 29.5 Å². The van der Waals surface area contributed by atoms with Crippen molar-refractivity contribution in [3.05, 3.63) is 24.3 Å². The Morgan fingerprint density at radius 1 is 1.38 bits per heavy atom. The number of amides is 1. The molecule has 1 aliphatic rings. The molecule has 86 valence electrons. The van der Waals surface area contributed by atoms with Crippen LogP contribution < -0.4 is 9.64 Å². The van der Waals surface area contributed by atoms with Crippen LogP contribution in [0.2, 0.25) is 0 Å². The van der Waals surface area contributed by atoms with Crippen molar-refractivity contribution in [3.63, 3.8) is 0 Å². The summed E-state index contributed by atoms with van der Waals surface area (Å²) in [5, 5.41) is -0.707. The first-order valence-electron chi connectivity index (χ1n) is 4.55. The molecule has 1 heterocycles. The van der Waals surface area contributed by atoms with Crippen LogP contribution in [0.1, 0.15) is 0 Å². The van der Waals surface area contributed by atoms with Crippen LogP contribution in [0.25, 0.3) is 0 Å². The highest BCUT2D eigenvalue weighted by atomic mass is 35.5. The number of thiol groups is 2. The fraction of sp³-hybridized carbons (Fsp3) is 0.300. The minimum absolute atomic E-state index is 0.197. The van der Waals surface area contributed by atoms with E-state index in [0.29, 0.717) is 5.69 Å². The predicted molar refractivity (Wildman–Crippen MR) is 70.8 cm³/mol. The average Bonchev–Trinajstić information content (AvgIpc) is 2.29. The number of halogens is 1. The molecular formula is C10H10ClNO2S2. The summed E-state index contributed by atoms with van der Waals surface area (Å²) in [5.41, 5.74) is 0.702. The van der Waals surface area contributed by atoms with Crippen LogP contribution in [-0.2, 0) is 4.79 Å².